The van der Waals surface area contributed by atoms with Gasteiger partial charge < -0.3 is 33.5 Å². The third-order valence-corrected chi connectivity index (χ3v) is 18.4. The normalized spacial score (nSPS) is 26.4. The van der Waals surface area contributed by atoms with E-state index < -0.39 is 41.7 Å². The van der Waals surface area contributed by atoms with Crippen molar-refractivity contribution in [2.45, 2.75) is 109 Å². The molecule has 0 radical (unpaired) electrons. The molecule has 0 unspecified atom stereocenters. The topological polar surface area (TPSA) is 145 Å². The molecule has 40 heavy (non-hydrogen) atoms. The first-order chi connectivity index (χ1) is 18.9. The summed E-state index contributed by atoms with van der Waals surface area (Å²) in [6.45, 7) is 18.0. The third-order valence-electron chi connectivity index (χ3n) is 8.20. The van der Waals surface area contributed by atoms with Crippen molar-refractivity contribution >= 4 is 40.0 Å². The Balaban J connectivity index is 1.81. The molecule has 224 valence electrons. The third kappa shape index (κ3) is 5.46. The Labute approximate surface area is 239 Å². The second-order valence-corrected chi connectivity index (χ2v) is 20.8. The summed E-state index contributed by atoms with van der Waals surface area (Å²) in [4.78, 5) is 25.0. The Bertz CT molecular complexity index is 1160. The van der Waals surface area contributed by atoms with Crippen LogP contribution in [0.1, 0.15) is 68.0 Å². The minimum absolute atomic E-state index is 0.108. The van der Waals surface area contributed by atoms with Crippen LogP contribution >= 0.6 is 0 Å². The lowest BCUT2D eigenvalue weighted by Crippen LogP contribution is -2.66. The molecule has 14 heteroatoms. The van der Waals surface area contributed by atoms with Gasteiger partial charge in [-0.05, 0) is 22.2 Å². The number of hydrogen-bond donors (Lipinski definition) is 2. The summed E-state index contributed by atoms with van der Waals surface area (Å²) in [5, 5.41) is 2.65. The molecule has 3 N–H and O–H groups in total. The maximum Gasteiger partial charge on any atom is 0.335 e. The van der Waals surface area contributed by atoms with Crippen LogP contribution in [0.25, 0.3) is 11.2 Å². The van der Waals surface area contributed by atoms with E-state index in [1.807, 2.05) is 4.57 Å². The van der Waals surface area contributed by atoms with E-state index in [0.717, 1.165) is 0 Å². The lowest BCUT2D eigenvalue weighted by atomic mass is 10.1. The van der Waals surface area contributed by atoms with E-state index in [0.29, 0.717) is 17.8 Å². The predicted octanol–water partition coefficient (Wildman–Crippen LogP) is 3.78. The summed E-state index contributed by atoms with van der Waals surface area (Å²) in [5.41, 5.74) is 7.82. The highest BCUT2D eigenvalue weighted by Crippen LogP contribution is 2.49. The lowest BCUT2D eigenvalue weighted by Gasteiger charge is -2.51. The van der Waals surface area contributed by atoms with Crippen LogP contribution in [0.2, 0.25) is 22.2 Å². The molecule has 12 nitrogen and oxygen atoms in total. The summed E-state index contributed by atoms with van der Waals surface area (Å²) in [6.07, 6.45) is 1.12. The van der Waals surface area contributed by atoms with Crippen LogP contribution < -0.4 is 11.1 Å². The number of aromatic nitrogens is 4. The molecule has 2 aliphatic rings. The zero-order valence-corrected chi connectivity index (χ0v) is 27.2. The fourth-order valence-electron chi connectivity index (χ4n) is 5.99. The van der Waals surface area contributed by atoms with Crippen LogP contribution in [0.5, 0.6) is 0 Å². The van der Waals surface area contributed by atoms with Crippen molar-refractivity contribution in [2.75, 3.05) is 26.0 Å². The Kier molecular flexibility index (Phi) is 9.39. The molecule has 0 bridgehead atoms. The van der Waals surface area contributed by atoms with Gasteiger partial charge >= 0.3 is 17.1 Å². The Morgan fingerprint density at radius 3 is 2.33 bits per heavy atom. The largest absolute Gasteiger partial charge is 0.414 e. The molecular formula is C26H46N6O6Si2. The molecular weight excluding hydrogens is 548 g/mol. The minimum Gasteiger partial charge on any atom is -0.414 e. The number of amides is 1. The number of imidazole rings is 1. The smallest absolute Gasteiger partial charge is 0.335 e. The SMILES string of the molecule is CNC(=O)CCO[C@@H]1[C@@H]2O[Si](C(C)C)(C(C)C)O[Si](C(C)C)(C(C)C)OC[C@H]2O[C@H]1n1cnc2c(N)ncnc21. The molecule has 0 aromatic carbocycles. The van der Waals surface area contributed by atoms with Crippen molar-refractivity contribution in [3.63, 3.8) is 0 Å². The van der Waals surface area contributed by atoms with Gasteiger partial charge in [-0.25, -0.2) is 15.0 Å². The van der Waals surface area contributed by atoms with Crippen LogP contribution in [0.3, 0.4) is 0 Å². The summed E-state index contributed by atoms with van der Waals surface area (Å²) < 4.78 is 36.5. The fourth-order valence-corrected chi connectivity index (χ4v) is 17.2. The van der Waals surface area contributed by atoms with E-state index in [4.69, 9.17) is 28.2 Å². The number of nitrogen functional groups attached to an aromatic ring is 1. The van der Waals surface area contributed by atoms with Crippen molar-refractivity contribution in [1.29, 1.82) is 0 Å². The predicted molar refractivity (Wildman–Crippen MR) is 156 cm³/mol. The first-order valence-corrected chi connectivity index (χ1v) is 18.2. The first kappa shape index (κ1) is 31.0. The maximum atomic E-state index is 12.0. The number of carbonyl (C=O) groups excluding carboxylic acids is 1. The second-order valence-electron chi connectivity index (χ2n) is 12.0. The van der Waals surface area contributed by atoms with Gasteiger partial charge in [-0.3, -0.25) is 9.36 Å². The highest BCUT2D eigenvalue weighted by atomic mass is 28.5. The Hall–Kier alpha value is -1.95. The zero-order valence-electron chi connectivity index (χ0n) is 25.2. The van der Waals surface area contributed by atoms with E-state index in [1.54, 1.807) is 13.4 Å². The molecule has 1 amide bonds. The van der Waals surface area contributed by atoms with E-state index in [1.165, 1.54) is 6.33 Å². The number of nitrogens with two attached hydrogens (primary N) is 1. The number of nitrogens with zero attached hydrogens (tertiary/aromatic N) is 4. The molecule has 2 saturated heterocycles. The molecule has 2 aromatic heterocycles. The molecule has 0 spiro atoms. The highest BCUT2D eigenvalue weighted by Gasteiger charge is 2.62. The van der Waals surface area contributed by atoms with Gasteiger partial charge in [0.25, 0.3) is 0 Å². The molecule has 0 saturated carbocycles. The molecule has 4 rings (SSSR count). The van der Waals surface area contributed by atoms with E-state index in [2.05, 4.69) is 75.7 Å². The van der Waals surface area contributed by atoms with Gasteiger partial charge in [-0.2, -0.15) is 0 Å². The quantitative estimate of drug-likeness (QED) is 0.411. The van der Waals surface area contributed by atoms with Crippen molar-refractivity contribution in [3.8, 4) is 0 Å². The van der Waals surface area contributed by atoms with Gasteiger partial charge in [-0.1, -0.05) is 55.4 Å². The van der Waals surface area contributed by atoms with E-state index >= 15 is 0 Å². The van der Waals surface area contributed by atoms with Gasteiger partial charge in [-0.15, -0.1) is 0 Å². The van der Waals surface area contributed by atoms with Crippen molar-refractivity contribution in [3.05, 3.63) is 12.7 Å². The number of carbonyl (C=O) groups is 1. The highest BCUT2D eigenvalue weighted by molar-refractivity contribution is 6.84. The van der Waals surface area contributed by atoms with Gasteiger partial charge in [0.1, 0.15) is 30.2 Å². The van der Waals surface area contributed by atoms with Crippen LogP contribution in [-0.2, 0) is 27.2 Å². The van der Waals surface area contributed by atoms with Gasteiger partial charge in [0.05, 0.1) is 19.5 Å². The average Bonchev–Trinajstić information content (AvgIpc) is 3.45. The maximum absolute atomic E-state index is 12.0. The summed E-state index contributed by atoms with van der Waals surface area (Å²) >= 11 is 0. The van der Waals surface area contributed by atoms with Crippen molar-refractivity contribution in [2.24, 2.45) is 0 Å². The van der Waals surface area contributed by atoms with Crippen molar-refractivity contribution < 1.29 is 27.2 Å². The number of anilines is 1. The molecule has 2 aromatic rings. The molecule has 2 aliphatic heterocycles. The number of ether oxygens (including phenoxy) is 2. The minimum atomic E-state index is -2.93. The number of nitrogens with one attached hydrogen (secondary N) is 1. The van der Waals surface area contributed by atoms with Crippen LogP contribution in [-0.4, -0.2) is 81.1 Å². The molecule has 4 heterocycles. The van der Waals surface area contributed by atoms with Crippen LogP contribution in [0.4, 0.5) is 5.82 Å². The van der Waals surface area contributed by atoms with Crippen molar-refractivity contribution in [1.82, 2.24) is 24.8 Å². The Morgan fingerprint density at radius 2 is 1.73 bits per heavy atom. The van der Waals surface area contributed by atoms with E-state index in [9.17, 15) is 4.79 Å². The van der Waals surface area contributed by atoms with Crippen LogP contribution in [0.15, 0.2) is 12.7 Å². The second kappa shape index (κ2) is 12.1. The summed E-state index contributed by atoms with van der Waals surface area (Å²) in [7, 11) is -4.06. The fraction of sp³-hybridized carbons (Fsp3) is 0.769. The monoisotopic (exact) mass is 594 g/mol. The standard InChI is InChI=1S/C26H46N6O6Si2/c1-15(2)39(16(3)4)35-12-19-22(37-40(38-39,17(5)6)18(7)8)23(34-11-10-20(33)28-9)26(36-19)32-14-31-21-24(27)29-13-30-25(21)32/h13-19,22-23,26H,10-12H2,1-9H3,(H,28,33)(H2,27,29,30)/t19-,22-,23-,26-/m1/s1. The first-order valence-electron chi connectivity index (χ1n) is 14.3. The van der Waals surface area contributed by atoms with Gasteiger partial charge in [0.2, 0.25) is 5.91 Å². The molecule has 4 atom stereocenters. The summed E-state index contributed by atoms with van der Waals surface area (Å²) in [6, 6.07) is 0. The molecule has 2 fully saturated rings. The number of fused-ring (bicyclic) bond motifs is 2. The lowest BCUT2D eigenvalue weighted by molar-refractivity contribution is -0.123. The summed E-state index contributed by atoms with van der Waals surface area (Å²) in [5.74, 6) is 0.178. The van der Waals surface area contributed by atoms with Gasteiger partial charge in [0, 0.05) is 13.5 Å². The molecule has 0 aliphatic carbocycles. The number of hydrogen-bond acceptors (Lipinski definition) is 10. The van der Waals surface area contributed by atoms with Gasteiger partial charge in [0.15, 0.2) is 17.7 Å². The zero-order chi connectivity index (χ0) is 29.4. The average molecular weight is 595 g/mol. The Morgan fingerprint density at radius 1 is 1.07 bits per heavy atom. The van der Waals surface area contributed by atoms with E-state index in [-0.39, 0.29) is 46.9 Å². The van der Waals surface area contributed by atoms with Crippen LogP contribution in [0, 0.1) is 0 Å². The number of rotatable bonds is 9.